The zero-order valence-corrected chi connectivity index (χ0v) is 13.2. The van der Waals surface area contributed by atoms with Gasteiger partial charge in [-0.1, -0.05) is 27.2 Å². The van der Waals surface area contributed by atoms with Crippen molar-refractivity contribution in [3.63, 3.8) is 0 Å². The Morgan fingerprint density at radius 2 is 1.89 bits per heavy atom. The summed E-state index contributed by atoms with van der Waals surface area (Å²) in [6.45, 7) is 15.7. The fourth-order valence-corrected chi connectivity index (χ4v) is 3.25. The molecule has 2 fully saturated rings. The number of piperidine rings is 1. The molecule has 3 heteroatoms. The molecule has 0 aromatic rings. The van der Waals surface area contributed by atoms with Crippen molar-refractivity contribution in [3.05, 3.63) is 0 Å². The van der Waals surface area contributed by atoms with E-state index in [0.717, 1.165) is 19.1 Å². The van der Waals surface area contributed by atoms with Gasteiger partial charge in [0.25, 0.3) is 0 Å². The van der Waals surface area contributed by atoms with Gasteiger partial charge < -0.3 is 5.32 Å². The van der Waals surface area contributed by atoms with Gasteiger partial charge in [-0.15, -0.1) is 0 Å². The lowest BCUT2D eigenvalue weighted by Gasteiger charge is -2.44. The first-order valence-corrected chi connectivity index (χ1v) is 8.22. The molecule has 0 aromatic heterocycles. The van der Waals surface area contributed by atoms with Crippen LogP contribution in [-0.4, -0.2) is 61.7 Å². The van der Waals surface area contributed by atoms with Crippen molar-refractivity contribution in [2.24, 2.45) is 5.41 Å². The average molecular weight is 267 g/mol. The van der Waals surface area contributed by atoms with E-state index in [9.17, 15) is 0 Å². The maximum absolute atomic E-state index is 3.61. The maximum atomic E-state index is 3.61. The molecule has 0 spiro atoms. The minimum atomic E-state index is 0.459. The average Bonchev–Trinajstić information content (AvgIpc) is 2.37. The van der Waals surface area contributed by atoms with Crippen LogP contribution in [0.1, 0.15) is 46.5 Å². The number of fused-ring (bicyclic) bond motifs is 1. The summed E-state index contributed by atoms with van der Waals surface area (Å²) in [5, 5.41) is 3.61. The first-order chi connectivity index (χ1) is 9.04. The standard InChI is InChI=1S/C16H33N3/c1-16(2,3)7-8-17-9-11-18-12-13-19-10-5-4-6-15(19)14-18/h15,17H,4-14H2,1-3H3. The van der Waals surface area contributed by atoms with Gasteiger partial charge >= 0.3 is 0 Å². The first-order valence-electron chi connectivity index (χ1n) is 8.22. The van der Waals surface area contributed by atoms with Crippen molar-refractivity contribution in [2.75, 3.05) is 45.8 Å². The molecule has 1 N–H and O–H groups in total. The molecule has 3 nitrogen and oxygen atoms in total. The second kappa shape index (κ2) is 7.05. The summed E-state index contributed by atoms with van der Waals surface area (Å²) in [6.07, 6.45) is 5.56. The van der Waals surface area contributed by atoms with Crippen molar-refractivity contribution < 1.29 is 0 Å². The molecule has 0 saturated carbocycles. The summed E-state index contributed by atoms with van der Waals surface area (Å²) in [5.74, 6) is 0. The molecule has 0 aliphatic carbocycles. The normalized spacial score (nSPS) is 26.4. The van der Waals surface area contributed by atoms with E-state index in [1.165, 1.54) is 58.4 Å². The Bertz CT molecular complexity index is 259. The monoisotopic (exact) mass is 267 g/mol. The summed E-state index contributed by atoms with van der Waals surface area (Å²) in [5.41, 5.74) is 0.459. The van der Waals surface area contributed by atoms with Gasteiger partial charge in [-0.05, 0) is 37.8 Å². The fraction of sp³-hybridized carbons (Fsp3) is 1.00. The van der Waals surface area contributed by atoms with Crippen LogP contribution in [-0.2, 0) is 0 Å². The zero-order valence-electron chi connectivity index (χ0n) is 13.2. The lowest BCUT2D eigenvalue weighted by Crippen LogP contribution is -2.55. The Labute approximate surface area is 119 Å². The van der Waals surface area contributed by atoms with Gasteiger partial charge in [-0.2, -0.15) is 0 Å². The molecule has 0 amide bonds. The van der Waals surface area contributed by atoms with E-state index < -0.39 is 0 Å². The highest BCUT2D eigenvalue weighted by molar-refractivity contribution is 4.85. The van der Waals surface area contributed by atoms with Crippen LogP contribution in [0.5, 0.6) is 0 Å². The van der Waals surface area contributed by atoms with E-state index in [0.29, 0.717) is 5.41 Å². The molecule has 0 bridgehead atoms. The van der Waals surface area contributed by atoms with Crippen molar-refractivity contribution in [2.45, 2.75) is 52.5 Å². The minimum Gasteiger partial charge on any atom is -0.315 e. The Hall–Kier alpha value is -0.120. The molecule has 2 aliphatic rings. The van der Waals surface area contributed by atoms with E-state index in [-0.39, 0.29) is 0 Å². The van der Waals surface area contributed by atoms with E-state index in [1.807, 2.05) is 0 Å². The van der Waals surface area contributed by atoms with Gasteiger partial charge in [0.2, 0.25) is 0 Å². The maximum Gasteiger partial charge on any atom is 0.0223 e. The van der Waals surface area contributed by atoms with E-state index >= 15 is 0 Å². The zero-order chi connectivity index (χ0) is 13.7. The Kier molecular flexibility index (Phi) is 5.67. The Morgan fingerprint density at radius 3 is 2.68 bits per heavy atom. The third-order valence-corrected chi connectivity index (χ3v) is 4.58. The molecular formula is C16H33N3. The Balaban J connectivity index is 1.57. The van der Waals surface area contributed by atoms with E-state index in [2.05, 4.69) is 35.9 Å². The fourth-order valence-electron chi connectivity index (χ4n) is 3.25. The molecule has 1 unspecified atom stereocenters. The van der Waals surface area contributed by atoms with Crippen LogP contribution in [0.3, 0.4) is 0 Å². The number of hydrogen-bond donors (Lipinski definition) is 1. The number of nitrogens with one attached hydrogen (secondary N) is 1. The van der Waals surface area contributed by atoms with E-state index in [1.54, 1.807) is 0 Å². The summed E-state index contributed by atoms with van der Waals surface area (Å²) in [4.78, 5) is 5.38. The highest BCUT2D eigenvalue weighted by Crippen LogP contribution is 2.20. The highest BCUT2D eigenvalue weighted by Gasteiger charge is 2.28. The van der Waals surface area contributed by atoms with Crippen molar-refractivity contribution in [3.8, 4) is 0 Å². The largest absolute Gasteiger partial charge is 0.315 e. The van der Waals surface area contributed by atoms with Crippen LogP contribution >= 0.6 is 0 Å². The topological polar surface area (TPSA) is 18.5 Å². The molecule has 0 radical (unpaired) electrons. The van der Waals surface area contributed by atoms with Crippen LogP contribution in [0.25, 0.3) is 0 Å². The molecule has 2 heterocycles. The van der Waals surface area contributed by atoms with Gasteiger partial charge in [-0.3, -0.25) is 9.80 Å². The molecule has 2 rings (SSSR count). The van der Waals surface area contributed by atoms with Crippen LogP contribution in [0.4, 0.5) is 0 Å². The molecule has 112 valence electrons. The number of rotatable bonds is 5. The lowest BCUT2D eigenvalue weighted by molar-refractivity contribution is 0.0499. The van der Waals surface area contributed by atoms with Crippen LogP contribution in [0.15, 0.2) is 0 Å². The predicted molar refractivity (Wildman–Crippen MR) is 82.6 cm³/mol. The third-order valence-electron chi connectivity index (χ3n) is 4.58. The third kappa shape index (κ3) is 5.41. The molecular weight excluding hydrogens is 234 g/mol. The van der Waals surface area contributed by atoms with E-state index in [4.69, 9.17) is 0 Å². The summed E-state index contributed by atoms with van der Waals surface area (Å²) in [7, 11) is 0. The van der Waals surface area contributed by atoms with Crippen LogP contribution in [0, 0.1) is 5.41 Å². The lowest BCUT2D eigenvalue weighted by atomic mass is 9.92. The smallest absolute Gasteiger partial charge is 0.0223 e. The quantitative estimate of drug-likeness (QED) is 0.770. The molecule has 2 saturated heterocycles. The predicted octanol–water partition coefficient (Wildman–Crippen LogP) is 2.18. The second-order valence-corrected chi connectivity index (χ2v) is 7.55. The molecule has 19 heavy (non-hydrogen) atoms. The summed E-state index contributed by atoms with van der Waals surface area (Å²) >= 11 is 0. The van der Waals surface area contributed by atoms with Gasteiger partial charge in [0.1, 0.15) is 0 Å². The minimum absolute atomic E-state index is 0.459. The summed E-state index contributed by atoms with van der Waals surface area (Å²) < 4.78 is 0. The Morgan fingerprint density at radius 1 is 1.05 bits per heavy atom. The van der Waals surface area contributed by atoms with Crippen molar-refractivity contribution >= 4 is 0 Å². The highest BCUT2D eigenvalue weighted by atomic mass is 15.3. The van der Waals surface area contributed by atoms with Crippen molar-refractivity contribution in [1.29, 1.82) is 0 Å². The first kappa shape index (κ1) is 15.3. The SMILES string of the molecule is CC(C)(C)CCNCCN1CCN2CCCCC2C1. The van der Waals surface area contributed by atoms with Crippen LogP contribution in [0.2, 0.25) is 0 Å². The summed E-state index contributed by atoms with van der Waals surface area (Å²) in [6, 6.07) is 0.858. The van der Waals surface area contributed by atoms with Gasteiger partial charge in [0, 0.05) is 38.8 Å². The van der Waals surface area contributed by atoms with Gasteiger partial charge in [-0.25, -0.2) is 0 Å². The second-order valence-electron chi connectivity index (χ2n) is 7.55. The molecule has 2 aliphatic heterocycles. The number of hydrogen-bond acceptors (Lipinski definition) is 3. The van der Waals surface area contributed by atoms with Gasteiger partial charge in [0.05, 0.1) is 0 Å². The molecule has 1 atom stereocenters. The number of piperazine rings is 1. The van der Waals surface area contributed by atoms with Crippen LogP contribution < -0.4 is 5.32 Å². The van der Waals surface area contributed by atoms with Crippen molar-refractivity contribution in [1.82, 2.24) is 15.1 Å². The number of nitrogens with zero attached hydrogens (tertiary/aromatic N) is 2. The van der Waals surface area contributed by atoms with Gasteiger partial charge in [0.15, 0.2) is 0 Å². The molecule has 0 aromatic carbocycles.